The molecular weight excluding hydrogens is 220 g/mol. The van der Waals surface area contributed by atoms with E-state index in [-0.39, 0.29) is 6.42 Å². The van der Waals surface area contributed by atoms with Crippen molar-refractivity contribution >= 4 is 5.97 Å². The van der Waals surface area contributed by atoms with E-state index < -0.39 is 5.97 Å². The molecule has 0 saturated carbocycles. The largest absolute Gasteiger partial charge is 0.497 e. The summed E-state index contributed by atoms with van der Waals surface area (Å²) < 4.78 is 10.6. The Morgan fingerprint density at radius 3 is 2.88 bits per heavy atom. The highest BCUT2D eigenvalue weighted by molar-refractivity contribution is 5.66. The van der Waals surface area contributed by atoms with Crippen LogP contribution in [0.15, 0.2) is 24.3 Å². The van der Waals surface area contributed by atoms with E-state index in [1.165, 1.54) is 0 Å². The van der Waals surface area contributed by atoms with Crippen molar-refractivity contribution in [1.82, 2.24) is 0 Å². The van der Waals surface area contributed by atoms with Gasteiger partial charge in [0, 0.05) is 13.0 Å². The van der Waals surface area contributed by atoms with Crippen molar-refractivity contribution in [2.24, 2.45) is 0 Å². The van der Waals surface area contributed by atoms with Crippen LogP contribution in [0.4, 0.5) is 0 Å². The second-order valence-corrected chi connectivity index (χ2v) is 3.75. The fourth-order valence-corrected chi connectivity index (χ4v) is 1.43. The number of unbranched alkanes of at least 4 members (excludes halogenated alkanes) is 1. The van der Waals surface area contributed by atoms with Crippen molar-refractivity contribution in [3.8, 4) is 5.75 Å². The van der Waals surface area contributed by atoms with Crippen molar-refractivity contribution in [2.45, 2.75) is 25.9 Å². The normalized spacial score (nSPS) is 10.2. The molecule has 0 heterocycles. The van der Waals surface area contributed by atoms with Crippen molar-refractivity contribution in [3.63, 3.8) is 0 Å². The summed E-state index contributed by atoms with van der Waals surface area (Å²) in [7, 11) is 1.63. The molecule has 1 aromatic carbocycles. The Morgan fingerprint density at radius 2 is 2.18 bits per heavy atom. The Morgan fingerprint density at radius 1 is 1.35 bits per heavy atom. The van der Waals surface area contributed by atoms with Crippen LogP contribution in [0.3, 0.4) is 0 Å². The van der Waals surface area contributed by atoms with Crippen LogP contribution in [0.2, 0.25) is 0 Å². The SMILES string of the molecule is COc1cccc(COCCCCC(=O)O)c1. The van der Waals surface area contributed by atoms with Crippen molar-refractivity contribution < 1.29 is 19.4 Å². The number of hydrogen-bond acceptors (Lipinski definition) is 3. The highest BCUT2D eigenvalue weighted by atomic mass is 16.5. The smallest absolute Gasteiger partial charge is 0.303 e. The molecular formula is C13H18O4. The predicted octanol–water partition coefficient (Wildman–Crippen LogP) is 2.47. The number of rotatable bonds is 8. The maximum Gasteiger partial charge on any atom is 0.303 e. The minimum absolute atomic E-state index is 0.211. The molecule has 1 rings (SSSR count). The Balaban J connectivity index is 2.15. The molecule has 0 amide bonds. The number of ether oxygens (including phenoxy) is 2. The van der Waals surface area contributed by atoms with Crippen LogP contribution in [0.1, 0.15) is 24.8 Å². The Bertz CT molecular complexity index is 349. The van der Waals surface area contributed by atoms with Gasteiger partial charge in [0.05, 0.1) is 13.7 Å². The number of benzene rings is 1. The summed E-state index contributed by atoms with van der Waals surface area (Å²) in [6, 6.07) is 7.70. The highest BCUT2D eigenvalue weighted by Crippen LogP contribution is 2.13. The number of aliphatic carboxylic acids is 1. The highest BCUT2D eigenvalue weighted by Gasteiger charge is 1.98. The maximum absolute atomic E-state index is 10.3. The Labute approximate surface area is 101 Å². The van der Waals surface area contributed by atoms with Crippen LogP contribution < -0.4 is 4.74 Å². The first-order valence-corrected chi connectivity index (χ1v) is 5.65. The summed E-state index contributed by atoms with van der Waals surface area (Å²) in [4.78, 5) is 10.3. The molecule has 1 N–H and O–H groups in total. The molecule has 0 saturated heterocycles. The number of carbonyl (C=O) groups is 1. The summed E-state index contributed by atoms with van der Waals surface area (Å²) in [6.45, 7) is 1.12. The fourth-order valence-electron chi connectivity index (χ4n) is 1.43. The molecule has 0 spiro atoms. The first-order chi connectivity index (χ1) is 8.22. The summed E-state index contributed by atoms with van der Waals surface area (Å²) in [6.07, 6.45) is 1.65. The zero-order valence-corrected chi connectivity index (χ0v) is 10.0. The topological polar surface area (TPSA) is 55.8 Å². The first kappa shape index (κ1) is 13.5. The summed E-state index contributed by atoms with van der Waals surface area (Å²) in [5.74, 6) is 0.0646. The molecule has 0 aromatic heterocycles. The van der Waals surface area contributed by atoms with E-state index in [0.29, 0.717) is 19.6 Å². The first-order valence-electron chi connectivity index (χ1n) is 5.65. The molecule has 0 atom stereocenters. The number of methoxy groups -OCH3 is 1. The molecule has 0 aliphatic rings. The summed E-state index contributed by atoms with van der Waals surface area (Å²) in [5, 5.41) is 8.45. The zero-order chi connectivity index (χ0) is 12.5. The Kier molecular flexibility index (Phi) is 6.10. The minimum atomic E-state index is -0.752. The summed E-state index contributed by atoms with van der Waals surface area (Å²) in [5.41, 5.74) is 1.06. The molecule has 0 aliphatic carbocycles. The molecule has 0 aliphatic heterocycles. The predicted molar refractivity (Wildman–Crippen MR) is 64.1 cm³/mol. The molecule has 1 aromatic rings. The van der Waals surface area contributed by atoms with Gasteiger partial charge in [0.1, 0.15) is 5.75 Å². The van der Waals surface area contributed by atoms with Gasteiger partial charge in [0.2, 0.25) is 0 Å². The van der Waals surface area contributed by atoms with Crippen LogP contribution in [-0.2, 0) is 16.1 Å². The lowest BCUT2D eigenvalue weighted by Gasteiger charge is -2.05. The molecule has 4 heteroatoms. The van der Waals surface area contributed by atoms with E-state index in [2.05, 4.69) is 0 Å². The lowest BCUT2D eigenvalue weighted by molar-refractivity contribution is -0.137. The van der Waals surface area contributed by atoms with E-state index >= 15 is 0 Å². The van der Waals surface area contributed by atoms with Crippen molar-refractivity contribution in [2.75, 3.05) is 13.7 Å². The quantitative estimate of drug-likeness (QED) is 0.707. The molecule has 4 nitrogen and oxygen atoms in total. The second-order valence-electron chi connectivity index (χ2n) is 3.75. The summed E-state index contributed by atoms with van der Waals surface area (Å²) >= 11 is 0. The van der Waals surface area contributed by atoms with E-state index in [9.17, 15) is 4.79 Å². The van der Waals surface area contributed by atoms with E-state index in [1.54, 1.807) is 7.11 Å². The fraction of sp³-hybridized carbons (Fsp3) is 0.462. The van der Waals surface area contributed by atoms with Crippen LogP contribution >= 0.6 is 0 Å². The van der Waals surface area contributed by atoms with Crippen molar-refractivity contribution in [3.05, 3.63) is 29.8 Å². The van der Waals surface area contributed by atoms with Crippen LogP contribution in [-0.4, -0.2) is 24.8 Å². The van der Waals surface area contributed by atoms with Gasteiger partial charge in [0.25, 0.3) is 0 Å². The molecule has 0 bridgehead atoms. The third-order valence-electron chi connectivity index (χ3n) is 2.33. The monoisotopic (exact) mass is 238 g/mol. The molecule has 0 unspecified atom stereocenters. The zero-order valence-electron chi connectivity index (χ0n) is 10.0. The van der Waals surface area contributed by atoms with Gasteiger partial charge >= 0.3 is 5.97 Å². The third-order valence-corrected chi connectivity index (χ3v) is 2.33. The number of carboxylic acid groups (broad SMARTS) is 1. The van der Waals surface area contributed by atoms with Gasteiger partial charge in [-0.25, -0.2) is 0 Å². The van der Waals surface area contributed by atoms with Gasteiger partial charge in [-0.3, -0.25) is 4.79 Å². The number of carboxylic acids is 1. The average molecular weight is 238 g/mol. The molecule has 0 fully saturated rings. The van der Waals surface area contributed by atoms with Crippen LogP contribution in [0.5, 0.6) is 5.75 Å². The second kappa shape index (κ2) is 7.68. The van der Waals surface area contributed by atoms with Crippen LogP contribution in [0, 0.1) is 0 Å². The van der Waals surface area contributed by atoms with Crippen molar-refractivity contribution in [1.29, 1.82) is 0 Å². The van der Waals surface area contributed by atoms with E-state index in [4.69, 9.17) is 14.6 Å². The lowest BCUT2D eigenvalue weighted by Crippen LogP contribution is -1.99. The Hall–Kier alpha value is -1.55. The molecule has 17 heavy (non-hydrogen) atoms. The van der Waals surface area contributed by atoms with Gasteiger partial charge in [-0.05, 0) is 30.5 Å². The van der Waals surface area contributed by atoms with E-state index in [0.717, 1.165) is 17.7 Å². The van der Waals surface area contributed by atoms with Gasteiger partial charge in [-0.1, -0.05) is 12.1 Å². The van der Waals surface area contributed by atoms with E-state index in [1.807, 2.05) is 24.3 Å². The lowest BCUT2D eigenvalue weighted by atomic mass is 10.2. The maximum atomic E-state index is 10.3. The van der Waals surface area contributed by atoms with Gasteiger partial charge < -0.3 is 14.6 Å². The average Bonchev–Trinajstić information content (AvgIpc) is 2.33. The van der Waals surface area contributed by atoms with Gasteiger partial charge in [0.15, 0.2) is 0 Å². The molecule has 94 valence electrons. The van der Waals surface area contributed by atoms with Gasteiger partial charge in [-0.15, -0.1) is 0 Å². The number of hydrogen-bond donors (Lipinski definition) is 1. The van der Waals surface area contributed by atoms with Gasteiger partial charge in [-0.2, -0.15) is 0 Å². The third kappa shape index (κ3) is 5.92. The van der Waals surface area contributed by atoms with Crippen LogP contribution in [0.25, 0.3) is 0 Å². The standard InChI is InChI=1S/C13H18O4/c1-16-12-6-4-5-11(9-12)10-17-8-3-2-7-13(14)15/h4-6,9H,2-3,7-8,10H2,1H3,(H,14,15). The minimum Gasteiger partial charge on any atom is -0.497 e. The molecule has 0 radical (unpaired) electrons.